The van der Waals surface area contributed by atoms with Gasteiger partial charge >= 0.3 is 0 Å². The maximum Gasteiger partial charge on any atom is 0.255 e. The van der Waals surface area contributed by atoms with Gasteiger partial charge in [0.25, 0.3) is 5.91 Å². The number of anilines is 3. The molecule has 8 heteroatoms. The smallest absolute Gasteiger partial charge is 0.255 e. The first-order valence-electron chi connectivity index (χ1n) is 10.4. The molecule has 1 amide bonds. The Morgan fingerprint density at radius 3 is 2.53 bits per heavy atom. The van der Waals surface area contributed by atoms with Gasteiger partial charge in [-0.2, -0.15) is 0 Å². The third-order valence-electron chi connectivity index (χ3n) is 4.72. The van der Waals surface area contributed by atoms with Gasteiger partial charge in [0.15, 0.2) is 0 Å². The van der Waals surface area contributed by atoms with Gasteiger partial charge in [-0.25, -0.2) is 15.0 Å². The monoisotopic (exact) mass is 428 g/mol. The van der Waals surface area contributed by atoms with Crippen molar-refractivity contribution in [1.29, 1.82) is 0 Å². The average Bonchev–Trinajstić information content (AvgIpc) is 3.36. The molecule has 0 bridgehead atoms. The van der Waals surface area contributed by atoms with Crippen LogP contribution in [-0.4, -0.2) is 32.0 Å². The Balaban J connectivity index is 1.35. The van der Waals surface area contributed by atoms with E-state index in [1.807, 2.05) is 48.7 Å². The summed E-state index contributed by atoms with van der Waals surface area (Å²) in [6.07, 6.45) is 8.77. The third-order valence-corrected chi connectivity index (χ3v) is 4.72. The minimum absolute atomic E-state index is 0.174. The number of imidazole rings is 1. The van der Waals surface area contributed by atoms with Crippen molar-refractivity contribution in [2.45, 2.75) is 19.8 Å². The lowest BCUT2D eigenvalue weighted by molar-refractivity contribution is 0.102. The molecule has 0 aliphatic rings. The van der Waals surface area contributed by atoms with Crippen LogP contribution in [0.4, 0.5) is 17.2 Å². The van der Waals surface area contributed by atoms with E-state index in [0.717, 1.165) is 24.3 Å². The summed E-state index contributed by atoms with van der Waals surface area (Å²) in [4.78, 5) is 25.0. The normalized spacial score (nSPS) is 10.5. The summed E-state index contributed by atoms with van der Waals surface area (Å²) in [5.74, 6) is 1.96. The second kappa shape index (κ2) is 10.2. The van der Waals surface area contributed by atoms with Crippen LogP contribution >= 0.6 is 0 Å². The molecule has 0 aliphatic heterocycles. The van der Waals surface area contributed by atoms with Crippen LogP contribution in [0.1, 0.15) is 30.1 Å². The van der Waals surface area contributed by atoms with E-state index in [9.17, 15) is 4.79 Å². The molecule has 0 unspecified atom stereocenters. The predicted molar refractivity (Wildman–Crippen MR) is 124 cm³/mol. The van der Waals surface area contributed by atoms with Crippen molar-refractivity contribution < 1.29 is 9.53 Å². The highest BCUT2D eigenvalue weighted by Gasteiger charge is 2.07. The number of unbranched alkanes of at least 4 members (excludes halogenated alkanes) is 1. The summed E-state index contributed by atoms with van der Waals surface area (Å²) in [6.45, 7) is 2.80. The molecule has 0 atom stereocenters. The first kappa shape index (κ1) is 21.0. The number of rotatable bonds is 9. The van der Waals surface area contributed by atoms with E-state index in [2.05, 4.69) is 32.5 Å². The Kier molecular flexibility index (Phi) is 6.72. The predicted octanol–water partition coefficient (Wildman–Crippen LogP) is 4.84. The van der Waals surface area contributed by atoms with Crippen LogP contribution in [-0.2, 0) is 0 Å². The largest absolute Gasteiger partial charge is 0.494 e. The van der Waals surface area contributed by atoms with Crippen molar-refractivity contribution in [3.63, 3.8) is 0 Å². The number of nitrogens with one attached hydrogen (secondary N) is 2. The van der Waals surface area contributed by atoms with Crippen molar-refractivity contribution in [2.75, 3.05) is 17.2 Å². The zero-order valence-electron chi connectivity index (χ0n) is 17.7. The molecule has 0 spiro atoms. The Morgan fingerprint density at radius 2 is 1.81 bits per heavy atom. The van der Waals surface area contributed by atoms with E-state index in [-0.39, 0.29) is 5.91 Å². The zero-order valence-corrected chi connectivity index (χ0v) is 17.7. The number of hydrogen-bond acceptors (Lipinski definition) is 6. The molecule has 162 valence electrons. The van der Waals surface area contributed by atoms with Crippen LogP contribution in [0, 0.1) is 0 Å². The minimum Gasteiger partial charge on any atom is -0.494 e. The van der Waals surface area contributed by atoms with Crippen LogP contribution in [0.3, 0.4) is 0 Å². The number of benzene rings is 2. The van der Waals surface area contributed by atoms with Gasteiger partial charge in [0.2, 0.25) is 0 Å². The Labute approximate surface area is 186 Å². The lowest BCUT2D eigenvalue weighted by atomic mass is 10.2. The van der Waals surface area contributed by atoms with Gasteiger partial charge in [0, 0.05) is 35.4 Å². The minimum atomic E-state index is -0.174. The van der Waals surface area contributed by atoms with Gasteiger partial charge in [0.05, 0.1) is 6.61 Å². The number of aromatic nitrogens is 4. The van der Waals surface area contributed by atoms with Crippen molar-refractivity contribution in [3.05, 3.63) is 85.2 Å². The summed E-state index contributed by atoms with van der Waals surface area (Å²) in [7, 11) is 0. The number of nitrogens with zero attached hydrogens (tertiary/aromatic N) is 4. The van der Waals surface area contributed by atoms with E-state index in [4.69, 9.17) is 4.74 Å². The number of hydrogen-bond donors (Lipinski definition) is 2. The standard InChI is InChI=1S/C24H24N6O2/c1-2-3-14-32-21-10-4-18(5-11-21)24(31)29-20-8-6-19(7-9-20)28-22-15-23(27-16-26-22)30-13-12-25-17-30/h4-13,15-17H,2-3,14H2,1H3,(H,29,31)(H,26,27,28). The second-order valence-corrected chi connectivity index (χ2v) is 7.11. The summed E-state index contributed by atoms with van der Waals surface area (Å²) in [6, 6.07) is 16.4. The molecule has 0 saturated carbocycles. The summed E-state index contributed by atoms with van der Waals surface area (Å²) in [5.41, 5.74) is 2.11. The van der Waals surface area contributed by atoms with Gasteiger partial charge in [-0.15, -0.1) is 0 Å². The van der Waals surface area contributed by atoms with Crippen LogP contribution in [0.15, 0.2) is 79.6 Å². The Morgan fingerprint density at radius 1 is 1.03 bits per heavy atom. The van der Waals surface area contributed by atoms with E-state index in [1.54, 1.807) is 29.2 Å². The molecule has 2 aromatic carbocycles. The van der Waals surface area contributed by atoms with Gasteiger partial charge in [-0.1, -0.05) is 13.3 Å². The fraction of sp³-hybridized carbons (Fsp3) is 0.167. The maximum atomic E-state index is 12.5. The molecular weight excluding hydrogens is 404 g/mol. The molecular formula is C24H24N6O2. The lowest BCUT2D eigenvalue weighted by Gasteiger charge is -2.10. The molecule has 0 fully saturated rings. The quantitative estimate of drug-likeness (QED) is 0.371. The molecule has 4 rings (SSSR count). The molecule has 2 heterocycles. The summed E-state index contributed by atoms with van der Waals surface area (Å²) in [5, 5.41) is 6.14. The lowest BCUT2D eigenvalue weighted by Crippen LogP contribution is -2.11. The van der Waals surface area contributed by atoms with Crippen LogP contribution in [0.25, 0.3) is 5.82 Å². The topological polar surface area (TPSA) is 94.0 Å². The first-order valence-corrected chi connectivity index (χ1v) is 10.4. The van der Waals surface area contributed by atoms with Crippen molar-refractivity contribution in [2.24, 2.45) is 0 Å². The molecule has 8 nitrogen and oxygen atoms in total. The van der Waals surface area contributed by atoms with Crippen LogP contribution in [0.5, 0.6) is 5.75 Å². The highest BCUT2D eigenvalue weighted by atomic mass is 16.5. The molecule has 2 aromatic heterocycles. The molecule has 0 aliphatic carbocycles. The van der Waals surface area contributed by atoms with Gasteiger partial charge < -0.3 is 15.4 Å². The summed E-state index contributed by atoms with van der Waals surface area (Å²) < 4.78 is 7.44. The maximum absolute atomic E-state index is 12.5. The third kappa shape index (κ3) is 5.48. The van der Waals surface area contributed by atoms with Gasteiger partial charge in [-0.3, -0.25) is 9.36 Å². The van der Waals surface area contributed by atoms with Crippen molar-refractivity contribution in [1.82, 2.24) is 19.5 Å². The van der Waals surface area contributed by atoms with Gasteiger partial charge in [-0.05, 0) is 55.0 Å². The SMILES string of the molecule is CCCCOc1ccc(C(=O)Nc2ccc(Nc3cc(-n4ccnc4)ncn3)cc2)cc1. The van der Waals surface area contributed by atoms with E-state index >= 15 is 0 Å². The van der Waals surface area contributed by atoms with Crippen molar-refractivity contribution >= 4 is 23.1 Å². The van der Waals surface area contributed by atoms with E-state index in [1.165, 1.54) is 6.33 Å². The number of amides is 1. The Hall–Kier alpha value is -4.20. The van der Waals surface area contributed by atoms with E-state index in [0.29, 0.717) is 29.5 Å². The fourth-order valence-corrected chi connectivity index (χ4v) is 2.98. The van der Waals surface area contributed by atoms with Crippen molar-refractivity contribution in [3.8, 4) is 11.6 Å². The fourth-order valence-electron chi connectivity index (χ4n) is 2.98. The number of ether oxygens (including phenoxy) is 1. The first-order chi connectivity index (χ1) is 15.7. The highest BCUT2D eigenvalue weighted by Crippen LogP contribution is 2.20. The second-order valence-electron chi connectivity index (χ2n) is 7.11. The zero-order chi connectivity index (χ0) is 22.2. The molecule has 0 radical (unpaired) electrons. The average molecular weight is 428 g/mol. The molecule has 0 saturated heterocycles. The van der Waals surface area contributed by atoms with Crippen LogP contribution < -0.4 is 15.4 Å². The molecule has 32 heavy (non-hydrogen) atoms. The van der Waals surface area contributed by atoms with Crippen LogP contribution in [0.2, 0.25) is 0 Å². The highest BCUT2D eigenvalue weighted by molar-refractivity contribution is 6.04. The van der Waals surface area contributed by atoms with E-state index < -0.39 is 0 Å². The Bertz CT molecular complexity index is 1140. The molecule has 2 N–H and O–H groups in total. The number of carbonyl (C=O) groups excluding carboxylic acids is 1. The number of carbonyl (C=O) groups is 1. The summed E-state index contributed by atoms with van der Waals surface area (Å²) >= 11 is 0. The molecule has 4 aromatic rings. The van der Waals surface area contributed by atoms with Gasteiger partial charge in [0.1, 0.15) is 30.0 Å².